The molecule has 2 atom stereocenters. The van der Waals surface area contributed by atoms with Gasteiger partial charge in [-0.05, 0) is 56.7 Å². The van der Waals surface area contributed by atoms with E-state index in [0.29, 0.717) is 30.2 Å². The van der Waals surface area contributed by atoms with Gasteiger partial charge in [-0.1, -0.05) is 0 Å². The van der Waals surface area contributed by atoms with Crippen molar-refractivity contribution in [3.8, 4) is 0 Å². The summed E-state index contributed by atoms with van der Waals surface area (Å²) in [6.07, 6.45) is 3.81. The van der Waals surface area contributed by atoms with Crippen molar-refractivity contribution >= 4 is 30.1 Å². The van der Waals surface area contributed by atoms with E-state index in [1.54, 1.807) is 12.1 Å². The SMILES string of the molecule is CC(CN)(NC(=O)c1ccc2c(c1)C(=O)N(CC1CCCO1)C2=O)C1CC1.Cl. The highest BCUT2D eigenvalue weighted by molar-refractivity contribution is 6.22. The number of imide groups is 1. The molecule has 2 aliphatic heterocycles. The van der Waals surface area contributed by atoms with Crippen molar-refractivity contribution in [2.24, 2.45) is 11.7 Å². The Kier molecular flexibility index (Phi) is 5.79. The Morgan fingerprint density at radius 3 is 2.57 bits per heavy atom. The molecule has 28 heavy (non-hydrogen) atoms. The lowest BCUT2D eigenvalue weighted by Gasteiger charge is -2.29. The zero-order valence-electron chi connectivity index (χ0n) is 15.9. The molecule has 1 saturated carbocycles. The number of nitrogens with two attached hydrogens (primary N) is 1. The van der Waals surface area contributed by atoms with Gasteiger partial charge in [0.15, 0.2) is 0 Å². The largest absolute Gasteiger partial charge is 0.376 e. The molecule has 0 bridgehead atoms. The van der Waals surface area contributed by atoms with Crippen LogP contribution in [0, 0.1) is 5.92 Å². The summed E-state index contributed by atoms with van der Waals surface area (Å²) < 4.78 is 5.55. The smallest absolute Gasteiger partial charge is 0.261 e. The molecule has 7 nitrogen and oxygen atoms in total. The maximum Gasteiger partial charge on any atom is 0.261 e. The molecule has 2 heterocycles. The van der Waals surface area contributed by atoms with E-state index in [-0.39, 0.29) is 48.3 Å². The Morgan fingerprint density at radius 1 is 1.25 bits per heavy atom. The topological polar surface area (TPSA) is 102 Å². The predicted octanol–water partition coefficient (Wildman–Crippen LogP) is 1.74. The first-order chi connectivity index (χ1) is 12.9. The first-order valence-electron chi connectivity index (χ1n) is 9.57. The van der Waals surface area contributed by atoms with Crippen molar-refractivity contribution in [1.29, 1.82) is 0 Å². The number of amides is 3. The number of carbonyl (C=O) groups excluding carboxylic acids is 3. The fourth-order valence-corrected chi connectivity index (χ4v) is 3.96. The average Bonchev–Trinajstić information content (AvgIpc) is 3.37. The number of hydrogen-bond acceptors (Lipinski definition) is 5. The predicted molar refractivity (Wildman–Crippen MR) is 106 cm³/mol. The quantitative estimate of drug-likeness (QED) is 0.699. The summed E-state index contributed by atoms with van der Waals surface area (Å²) >= 11 is 0. The van der Waals surface area contributed by atoms with E-state index in [1.165, 1.54) is 11.0 Å². The number of halogens is 1. The van der Waals surface area contributed by atoms with E-state index in [4.69, 9.17) is 10.5 Å². The van der Waals surface area contributed by atoms with Crippen molar-refractivity contribution in [3.05, 3.63) is 34.9 Å². The number of benzene rings is 1. The number of nitrogens with zero attached hydrogens (tertiary/aromatic N) is 1. The second kappa shape index (κ2) is 7.81. The maximum atomic E-state index is 12.7. The summed E-state index contributed by atoms with van der Waals surface area (Å²) in [5, 5.41) is 3.01. The van der Waals surface area contributed by atoms with Gasteiger partial charge >= 0.3 is 0 Å². The van der Waals surface area contributed by atoms with E-state index in [1.807, 2.05) is 6.92 Å². The fraction of sp³-hybridized carbons (Fsp3) is 0.550. The van der Waals surface area contributed by atoms with Crippen molar-refractivity contribution < 1.29 is 19.1 Å². The van der Waals surface area contributed by atoms with E-state index in [0.717, 1.165) is 25.7 Å². The lowest BCUT2D eigenvalue weighted by Crippen LogP contribution is -2.53. The molecule has 3 amide bonds. The van der Waals surface area contributed by atoms with Crippen LogP contribution in [0.25, 0.3) is 0 Å². The van der Waals surface area contributed by atoms with Crippen molar-refractivity contribution in [2.75, 3.05) is 19.7 Å². The Hall–Kier alpha value is -1.96. The molecule has 3 N–H and O–H groups in total. The lowest BCUT2D eigenvalue weighted by atomic mass is 9.95. The number of hydrogen-bond donors (Lipinski definition) is 2. The first-order valence-corrected chi connectivity index (χ1v) is 9.57. The molecule has 2 unspecified atom stereocenters. The molecule has 8 heteroatoms. The minimum absolute atomic E-state index is 0. The van der Waals surface area contributed by atoms with Crippen LogP contribution in [0.2, 0.25) is 0 Å². The van der Waals surface area contributed by atoms with Gasteiger partial charge in [0.2, 0.25) is 0 Å². The molecule has 0 radical (unpaired) electrons. The van der Waals surface area contributed by atoms with Gasteiger partial charge in [0.1, 0.15) is 0 Å². The van der Waals surface area contributed by atoms with Gasteiger partial charge in [-0.15, -0.1) is 12.4 Å². The lowest BCUT2D eigenvalue weighted by molar-refractivity contribution is 0.0475. The van der Waals surface area contributed by atoms with Crippen molar-refractivity contribution in [3.63, 3.8) is 0 Å². The minimum Gasteiger partial charge on any atom is -0.376 e. The van der Waals surface area contributed by atoms with Crippen LogP contribution in [0.15, 0.2) is 18.2 Å². The molecule has 1 saturated heterocycles. The molecule has 4 rings (SSSR count). The van der Waals surface area contributed by atoms with Crippen LogP contribution in [0.5, 0.6) is 0 Å². The number of nitrogens with one attached hydrogen (secondary N) is 1. The zero-order chi connectivity index (χ0) is 19.2. The van der Waals surface area contributed by atoms with Gasteiger partial charge in [-0.2, -0.15) is 0 Å². The van der Waals surface area contributed by atoms with Gasteiger partial charge in [-0.25, -0.2) is 0 Å². The number of carbonyl (C=O) groups is 3. The zero-order valence-corrected chi connectivity index (χ0v) is 16.7. The van der Waals surface area contributed by atoms with Gasteiger partial charge in [0, 0.05) is 18.7 Å². The van der Waals surface area contributed by atoms with Crippen LogP contribution in [-0.2, 0) is 4.74 Å². The Balaban J connectivity index is 0.00000225. The van der Waals surface area contributed by atoms with E-state index < -0.39 is 5.54 Å². The Bertz CT molecular complexity index is 805. The molecule has 2 fully saturated rings. The highest BCUT2D eigenvalue weighted by Crippen LogP contribution is 2.39. The second-order valence-corrected chi connectivity index (χ2v) is 7.97. The molecule has 0 spiro atoms. The highest BCUT2D eigenvalue weighted by atomic mass is 35.5. The first kappa shape index (κ1) is 20.8. The Labute approximate surface area is 170 Å². The molecule has 3 aliphatic rings. The fourth-order valence-electron chi connectivity index (χ4n) is 3.96. The molecule has 1 aliphatic carbocycles. The van der Waals surface area contributed by atoms with E-state index in [9.17, 15) is 14.4 Å². The molecule has 1 aromatic carbocycles. The molecule has 0 aromatic heterocycles. The van der Waals surface area contributed by atoms with Gasteiger partial charge in [-0.3, -0.25) is 19.3 Å². The summed E-state index contributed by atoms with van der Waals surface area (Å²) in [5.41, 5.74) is 6.43. The summed E-state index contributed by atoms with van der Waals surface area (Å²) in [6, 6.07) is 4.68. The van der Waals surface area contributed by atoms with Crippen LogP contribution in [0.4, 0.5) is 0 Å². The van der Waals surface area contributed by atoms with Gasteiger partial charge in [0.25, 0.3) is 17.7 Å². The van der Waals surface area contributed by atoms with E-state index >= 15 is 0 Å². The third kappa shape index (κ3) is 3.66. The van der Waals surface area contributed by atoms with Crippen molar-refractivity contribution in [1.82, 2.24) is 10.2 Å². The van der Waals surface area contributed by atoms with Gasteiger partial charge in [0.05, 0.1) is 29.3 Å². The maximum absolute atomic E-state index is 12.7. The monoisotopic (exact) mass is 407 g/mol. The number of ether oxygens (including phenoxy) is 1. The Morgan fingerprint density at radius 2 is 1.96 bits per heavy atom. The van der Waals surface area contributed by atoms with Crippen LogP contribution in [0.1, 0.15) is 63.7 Å². The molecular weight excluding hydrogens is 382 g/mol. The summed E-state index contributed by atoms with van der Waals surface area (Å²) in [7, 11) is 0. The summed E-state index contributed by atoms with van der Waals surface area (Å²) in [6.45, 7) is 3.24. The van der Waals surface area contributed by atoms with Crippen LogP contribution < -0.4 is 11.1 Å². The van der Waals surface area contributed by atoms with Crippen LogP contribution >= 0.6 is 12.4 Å². The highest BCUT2D eigenvalue weighted by Gasteiger charge is 2.42. The van der Waals surface area contributed by atoms with Crippen molar-refractivity contribution in [2.45, 2.75) is 44.2 Å². The minimum atomic E-state index is -0.443. The van der Waals surface area contributed by atoms with Crippen LogP contribution in [0.3, 0.4) is 0 Å². The number of fused-ring (bicyclic) bond motifs is 1. The third-order valence-electron chi connectivity index (χ3n) is 5.94. The molecule has 152 valence electrons. The molecule has 1 aromatic rings. The second-order valence-electron chi connectivity index (χ2n) is 7.97. The standard InChI is InChI=1S/C20H25N3O4.ClH/c1-20(11-21,13-5-6-13)22-17(24)12-4-7-15-16(9-12)19(26)23(18(15)25)10-14-3-2-8-27-14;/h4,7,9,13-14H,2-3,5-6,8,10-11,21H2,1H3,(H,22,24);1H. The average molecular weight is 408 g/mol. The third-order valence-corrected chi connectivity index (χ3v) is 5.94. The summed E-state index contributed by atoms with van der Waals surface area (Å²) in [5.74, 6) is -0.548. The van der Waals surface area contributed by atoms with Crippen LogP contribution in [-0.4, -0.2) is 54.0 Å². The molecular formula is C20H26ClN3O4. The summed E-state index contributed by atoms with van der Waals surface area (Å²) in [4.78, 5) is 39.2. The normalized spacial score (nSPS) is 23.2. The number of rotatable bonds is 6. The van der Waals surface area contributed by atoms with Gasteiger partial charge < -0.3 is 15.8 Å². The van der Waals surface area contributed by atoms with E-state index in [2.05, 4.69) is 5.32 Å².